The quantitative estimate of drug-likeness (QED) is 0.784. The number of aryl methyl sites for hydroxylation is 1. The maximum absolute atomic E-state index is 11.8. The lowest BCUT2D eigenvalue weighted by Crippen LogP contribution is -2.49. The van der Waals surface area contributed by atoms with Gasteiger partial charge in [-0.2, -0.15) is 5.10 Å². The van der Waals surface area contributed by atoms with Crippen LogP contribution in [0.15, 0.2) is 12.7 Å². The van der Waals surface area contributed by atoms with Crippen LogP contribution < -0.4 is 5.32 Å². The molecule has 0 aromatic carbocycles. The summed E-state index contributed by atoms with van der Waals surface area (Å²) in [5, 5.41) is 7.00. The molecule has 0 aliphatic carbocycles. The number of amides is 1. The highest BCUT2D eigenvalue weighted by Gasteiger charge is 2.26. The monoisotopic (exact) mass is 268 g/mol. The van der Waals surface area contributed by atoms with Crippen LogP contribution in [0.4, 0.5) is 0 Å². The number of rotatable bonds is 6. The molecule has 0 unspecified atom stereocenters. The van der Waals surface area contributed by atoms with Gasteiger partial charge in [-0.25, -0.2) is 4.98 Å². The molecular weight excluding hydrogens is 248 g/mol. The summed E-state index contributed by atoms with van der Waals surface area (Å²) in [6.07, 6.45) is 5.12. The summed E-state index contributed by atoms with van der Waals surface area (Å²) in [4.78, 5) is 15.7. The fraction of sp³-hybridized carbons (Fsp3) is 0.750. The first-order valence-electron chi connectivity index (χ1n) is 6.52. The average molecular weight is 268 g/mol. The van der Waals surface area contributed by atoms with E-state index < -0.39 is 0 Å². The molecule has 2 rings (SSSR count). The van der Waals surface area contributed by atoms with Crippen molar-refractivity contribution < 1.29 is 14.3 Å². The van der Waals surface area contributed by atoms with Gasteiger partial charge in [0.25, 0.3) is 0 Å². The summed E-state index contributed by atoms with van der Waals surface area (Å²) in [6.45, 7) is 1.92. The second kappa shape index (κ2) is 7.20. The molecule has 1 aliphatic rings. The number of nitrogens with one attached hydrogen (secondary N) is 1. The SMILES string of the molecule is CO[C@@H]1COCC[C@H]1NC(=O)CCCn1cncn1. The van der Waals surface area contributed by atoms with Crippen molar-refractivity contribution in [1.82, 2.24) is 20.1 Å². The van der Waals surface area contributed by atoms with Crippen LogP contribution in [-0.2, 0) is 20.8 Å². The van der Waals surface area contributed by atoms with Gasteiger partial charge >= 0.3 is 0 Å². The second-order valence-corrected chi connectivity index (χ2v) is 4.57. The normalized spacial score (nSPS) is 23.2. The van der Waals surface area contributed by atoms with Crippen molar-refractivity contribution >= 4 is 5.91 Å². The lowest BCUT2D eigenvalue weighted by Gasteiger charge is -2.31. The Bertz CT molecular complexity index is 382. The Kier molecular flexibility index (Phi) is 5.29. The van der Waals surface area contributed by atoms with Gasteiger partial charge in [-0.05, 0) is 12.8 Å². The Morgan fingerprint density at radius 1 is 1.63 bits per heavy atom. The van der Waals surface area contributed by atoms with E-state index in [1.807, 2.05) is 0 Å². The highest BCUT2D eigenvalue weighted by atomic mass is 16.5. The van der Waals surface area contributed by atoms with E-state index in [0.29, 0.717) is 26.2 Å². The third-order valence-corrected chi connectivity index (χ3v) is 3.21. The zero-order chi connectivity index (χ0) is 13.5. The Morgan fingerprint density at radius 3 is 3.26 bits per heavy atom. The van der Waals surface area contributed by atoms with E-state index in [1.165, 1.54) is 6.33 Å². The summed E-state index contributed by atoms with van der Waals surface area (Å²) in [6, 6.07) is 0.0534. The molecule has 1 saturated heterocycles. The van der Waals surface area contributed by atoms with Crippen LogP contribution in [0.5, 0.6) is 0 Å². The summed E-state index contributed by atoms with van der Waals surface area (Å²) in [5.74, 6) is 0.0501. The second-order valence-electron chi connectivity index (χ2n) is 4.57. The van der Waals surface area contributed by atoms with Crippen LogP contribution in [0, 0.1) is 0 Å². The molecule has 0 spiro atoms. The number of hydrogen-bond acceptors (Lipinski definition) is 5. The van der Waals surface area contributed by atoms with Crippen LogP contribution in [0.2, 0.25) is 0 Å². The van der Waals surface area contributed by atoms with Gasteiger partial charge in [0, 0.05) is 26.7 Å². The molecule has 1 fully saturated rings. The van der Waals surface area contributed by atoms with Crippen molar-refractivity contribution in [2.45, 2.75) is 38.0 Å². The molecule has 1 aromatic heterocycles. The van der Waals surface area contributed by atoms with Gasteiger partial charge < -0.3 is 14.8 Å². The lowest BCUT2D eigenvalue weighted by molar-refractivity contribution is -0.125. The number of aromatic nitrogens is 3. The van der Waals surface area contributed by atoms with Gasteiger partial charge in [0.1, 0.15) is 18.8 Å². The van der Waals surface area contributed by atoms with E-state index in [2.05, 4.69) is 15.4 Å². The number of nitrogens with zero attached hydrogens (tertiary/aromatic N) is 3. The first-order valence-corrected chi connectivity index (χ1v) is 6.52. The van der Waals surface area contributed by atoms with Crippen molar-refractivity contribution in [3.05, 3.63) is 12.7 Å². The molecule has 2 heterocycles. The Labute approximate surface area is 112 Å². The molecular formula is C12H20N4O3. The number of carbonyl (C=O) groups excluding carboxylic acids is 1. The maximum atomic E-state index is 11.8. The molecule has 2 atom stereocenters. The van der Waals surface area contributed by atoms with E-state index in [4.69, 9.17) is 9.47 Å². The minimum absolute atomic E-state index is 0.0481. The molecule has 1 aromatic rings. The van der Waals surface area contributed by atoms with E-state index in [1.54, 1.807) is 18.1 Å². The van der Waals surface area contributed by atoms with Crippen molar-refractivity contribution in [3.63, 3.8) is 0 Å². The highest BCUT2D eigenvalue weighted by molar-refractivity contribution is 5.76. The fourth-order valence-electron chi connectivity index (χ4n) is 2.14. The first kappa shape index (κ1) is 14.0. The predicted molar refractivity (Wildman–Crippen MR) is 67.4 cm³/mol. The highest BCUT2D eigenvalue weighted by Crippen LogP contribution is 2.11. The zero-order valence-corrected chi connectivity index (χ0v) is 11.1. The number of carbonyl (C=O) groups is 1. The number of methoxy groups -OCH3 is 1. The Morgan fingerprint density at radius 2 is 2.53 bits per heavy atom. The summed E-state index contributed by atoms with van der Waals surface area (Å²) < 4.78 is 12.3. The van der Waals surface area contributed by atoms with E-state index in [-0.39, 0.29) is 18.1 Å². The summed E-state index contributed by atoms with van der Waals surface area (Å²) in [5.41, 5.74) is 0. The standard InChI is InChI=1S/C12H20N4O3/c1-18-11-7-19-6-4-10(11)15-12(17)3-2-5-16-9-13-8-14-16/h8-11H,2-7H2,1H3,(H,15,17)/t10-,11-/m1/s1. The largest absolute Gasteiger partial charge is 0.379 e. The maximum Gasteiger partial charge on any atom is 0.220 e. The van der Waals surface area contributed by atoms with Crippen LogP contribution >= 0.6 is 0 Å². The van der Waals surface area contributed by atoms with Gasteiger partial charge in [0.05, 0.1) is 12.6 Å². The number of ether oxygens (including phenoxy) is 2. The third kappa shape index (κ3) is 4.29. The first-order chi connectivity index (χ1) is 9.29. The van der Waals surface area contributed by atoms with E-state index in [9.17, 15) is 4.79 Å². The molecule has 7 heteroatoms. The van der Waals surface area contributed by atoms with Crippen molar-refractivity contribution in [3.8, 4) is 0 Å². The third-order valence-electron chi connectivity index (χ3n) is 3.21. The van der Waals surface area contributed by atoms with Crippen LogP contribution in [0.25, 0.3) is 0 Å². The van der Waals surface area contributed by atoms with Crippen molar-refractivity contribution in [1.29, 1.82) is 0 Å². The van der Waals surface area contributed by atoms with Crippen LogP contribution in [0.3, 0.4) is 0 Å². The van der Waals surface area contributed by atoms with Crippen LogP contribution in [0.1, 0.15) is 19.3 Å². The van der Waals surface area contributed by atoms with E-state index in [0.717, 1.165) is 12.8 Å². The van der Waals surface area contributed by atoms with E-state index >= 15 is 0 Å². The summed E-state index contributed by atoms with van der Waals surface area (Å²) in [7, 11) is 1.64. The molecule has 1 amide bonds. The van der Waals surface area contributed by atoms with Crippen LogP contribution in [-0.4, -0.2) is 53.1 Å². The van der Waals surface area contributed by atoms with Gasteiger partial charge in [-0.15, -0.1) is 0 Å². The molecule has 7 nitrogen and oxygen atoms in total. The van der Waals surface area contributed by atoms with Gasteiger partial charge in [-0.3, -0.25) is 9.48 Å². The lowest BCUT2D eigenvalue weighted by atomic mass is 10.1. The Balaban J connectivity index is 1.68. The average Bonchev–Trinajstić information content (AvgIpc) is 2.92. The molecule has 0 radical (unpaired) electrons. The predicted octanol–water partition coefficient (Wildman–Crippen LogP) is -0.0216. The molecule has 106 valence electrons. The molecule has 1 N–H and O–H groups in total. The van der Waals surface area contributed by atoms with Crippen molar-refractivity contribution in [2.24, 2.45) is 0 Å². The minimum Gasteiger partial charge on any atom is -0.379 e. The molecule has 1 aliphatic heterocycles. The van der Waals surface area contributed by atoms with Gasteiger partial charge in [-0.1, -0.05) is 0 Å². The van der Waals surface area contributed by atoms with Gasteiger partial charge in [0.15, 0.2) is 0 Å². The topological polar surface area (TPSA) is 78.3 Å². The fourth-order valence-corrected chi connectivity index (χ4v) is 2.14. The smallest absolute Gasteiger partial charge is 0.220 e. The molecule has 19 heavy (non-hydrogen) atoms. The summed E-state index contributed by atoms with van der Waals surface area (Å²) >= 11 is 0. The number of hydrogen-bond donors (Lipinski definition) is 1. The Hall–Kier alpha value is -1.47. The zero-order valence-electron chi connectivity index (χ0n) is 11.1. The molecule has 0 saturated carbocycles. The van der Waals surface area contributed by atoms with Gasteiger partial charge in [0.2, 0.25) is 5.91 Å². The minimum atomic E-state index is -0.0481. The van der Waals surface area contributed by atoms with Crippen molar-refractivity contribution in [2.75, 3.05) is 20.3 Å². The molecule has 0 bridgehead atoms.